The summed E-state index contributed by atoms with van der Waals surface area (Å²) in [6, 6.07) is 12.1. The molecule has 0 saturated heterocycles. The third-order valence-corrected chi connectivity index (χ3v) is 4.02. The second kappa shape index (κ2) is 10.1. The van der Waals surface area contributed by atoms with Crippen LogP contribution in [-0.4, -0.2) is 53.4 Å². The first-order chi connectivity index (χ1) is 15.0. The molecule has 0 bridgehead atoms. The smallest absolute Gasteiger partial charge is 0.364 e. The highest BCUT2D eigenvalue weighted by molar-refractivity contribution is 5.97. The van der Waals surface area contributed by atoms with E-state index in [0.717, 1.165) is 4.79 Å². The van der Waals surface area contributed by atoms with Crippen LogP contribution in [-0.2, 0) is 4.74 Å². The minimum atomic E-state index is -0.766. The zero-order chi connectivity index (χ0) is 22.2. The van der Waals surface area contributed by atoms with Gasteiger partial charge in [-0.25, -0.2) is 9.18 Å². The number of nitrogens with zero attached hydrogens (tertiary/aromatic N) is 4. The quantitative estimate of drug-likeness (QED) is 0.294. The van der Waals surface area contributed by atoms with Gasteiger partial charge in [-0.3, -0.25) is 4.79 Å². The van der Waals surface area contributed by atoms with Gasteiger partial charge in [0.25, 0.3) is 5.88 Å². The van der Waals surface area contributed by atoms with Gasteiger partial charge >= 0.3 is 5.97 Å². The standard InChI is InChI=1S/C21H19FN4O5/c1-3-30-21(28)19-20(31-13-18(27)15-6-10-17(29-2)11-7-15)26(25-24-19)23-12-14-4-8-16(22)9-5-14/h4-12H,3,13H2,1-2H3. The summed E-state index contributed by atoms with van der Waals surface area (Å²) in [6.45, 7) is 1.37. The molecule has 0 unspecified atom stereocenters. The van der Waals surface area contributed by atoms with E-state index in [4.69, 9.17) is 14.2 Å². The van der Waals surface area contributed by atoms with Crippen molar-refractivity contribution in [2.45, 2.75) is 6.92 Å². The zero-order valence-electron chi connectivity index (χ0n) is 16.8. The summed E-state index contributed by atoms with van der Waals surface area (Å²) in [7, 11) is 1.53. The Morgan fingerprint density at radius 3 is 2.48 bits per heavy atom. The fourth-order valence-electron chi connectivity index (χ4n) is 2.46. The van der Waals surface area contributed by atoms with Gasteiger partial charge in [-0.15, -0.1) is 5.10 Å². The van der Waals surface area contributed by atoms with Crippen molar-refractivity contribution in [3.8, 4) is 11.6 Å². The number of rotatable bonds is 9. The van der Waals surface area contributed by atoms with Crippen molar-refractivity contribution in [2.24, 2.45) is 5.10 Å². The van der Waals surface area contributed by atoms with Gasteiger partial charge in [0.05, 0.1) is 19.9 Å². The molecule has 1 aromatic heterocycles. The van der Waals surface area contributed by atoms with Gasteiger partial charge in [-0.2, -0.15) is 5.10 Å². The van der Waals surface area contributed by atoms with Crippen molar-refractivity contribution >= 4 is 18.0 Å². The molecule has 31 heavy (non-hydrogen) atoms. The Labute approximate surface area is 177 Å². The molecule has 0 saturated carbocycles. The molecule has 0 fully saturated rings. The molecular weight excluding hydrogens is 407 g/mol. The molecule has 1 heterocycles. The fraction of sp³-hybridized carbons (Fsp3) is 0.190. The summed E-state index contributed by atoms with van der Waals surface area (Å²) in [5.74, 6) is -1.04. The SMILES string of the molecule is CCOC(=O)c1nnn(N=Cc2ccc(F)cc2)c1OCC(=O)c1ccc(OC)cc1. The highest BCUT2D eigenvalue weighted by atomic mass is 19.1. The summed E-state index contributed by atoms with van der Waals surface area (Å²) in [4.78, 5) is 25.6. The first kappa shape index (κ1) is 21.6. The molecule has 10 heteroatoms. The number of carbonyl (C=O) groups excluding carboxylic acids is 2. The number of ether oxygens (including phenoxy) is 3. The van der Waals surface area contributed by atoms with E-state index in [2.05, 4.69) is 15.4 Å². The summed E-state index contributed by atoms with van der Waals surface area (Å²) in [5.41, 5.74) is 0.753. The maximum atomic E-state index is 13.1. The molecular formula is C21H19FN4O5. The lowest BCUT2D eigenvalue weighted by Gasteiger charge is -2.07. The summed E-state index contributed by atoms with van der Waals surface area (Å²) in [5, 5.41) is 11.6. The van der Waals surface area contributed by atoms with E-state index in [1.165, 1.54) is 37.6 Å². The van der Waals surface area contributed by atoms with Crippen LogP contribution in [0, 0.1) is 5.82 Å². The van der Waals surface area contributed by atoms with Crippen LogP contribution in [0.25, 0.3) is 0 Å². The monoisotopic (exact) mass is 426 g/mol. The predicted octanol–water partition coefficient (Wildman–Crippen LogP) is 2.75. The number of benzene rings is 2. The Bertz CT molecular complexity index is 1080. The second-order valence-corrected chi connectivity index (χ2v) is 6.09. The van der Waals surface area contributed by atoms with E-state index < -0.39 is 12.6 Å². The van der Waals surface area contributed by atoms with Gasteiger partial charge in [0.2, 0.25) is 5.69 Å². The lowest BCUT2D eigenvalue weighted by Crippen LogP contribution is -2.15. The van der Waals surface area contributed by atoms with Gasteiger partial charge in [0, 0.05) is 5.56 Å². The lowest BCUT2D eigenvalue weighted by molar-refractivity contribution is 0.0512. The van der Waals surface area contributed by atoms with Crippen LogP contribution in [0.3, 0.4) is 0 Å². The number of hydrogen-bond donors (Lipinski definition) is 0. The Morgan fingerprint density at radius 2 is 1.84 bits per heavy atom. The van der Waals surface area contributed by atoms with Crippen molar-refractivity contribution in [3.63, 3.8) is 0 Å². The van der Waals surface area contributed by atoms with Crippen molar-refractivity contribution in [1.82, 2.24) is 15.1 Å². The number of methoxy groups -OCH3 is 1. The van der Waals surface area contributed by atoms with Crippen LogP contribution < -0.4 is 9.47 Å². The third-order valence-electron chi connectivity index (χ3n) is 4.02. The van der Waals surface area contributed by atoms with Crippen LogP contribution in [0.2, 0.25) is 0 Å². The molecule has 9 nitrogen and oxygen atoms in total. The Hall–Kier alpha value is -4.08. The molecule has 0 radical (unpaired) electrons. The largest absolute Gasteiger partial charge is 0.497 e. The summed E-state index contributed by atoms with van der Waals surface area (Å²) < 4.78 is 28.6. The molecule has 2 aromatic carbocycles. The van der Waals surface area contributed by atoms with Crippen LogP contribution in [0.4, 0.5) is 4.39 Å². The molecule has 3 aromatic rings. The second-order valence-electron chi connectivity index (χ2n) is 6.09. The summed E-state index contributed by atoms with van der Waals surface area (Å²) >= 11 is 0. The van der Waals surface area contributed by atoms with E-state index in [0.29, 0.717) is 16.9 Å². The highest BCUT2D eigenvalue weighted by Gasteiger charge is 2.24. The first-order valence-electron chi connectivity index (χ1n) is 9.24. The van der Waals surface area contributed by atoms with Crippen LogP contribution in [0.15, 0.2) is 53.6 Å². The Balaban J connectivity index is 1.81. The van der Waals surface area contributed by atoms with E-state index in [-0.39, 0.29) is 29.8 Å². The lowest BCUT2D eigenvalue weighted by atomic mass is 10.1. The summed E-state index contributed by atoms with van der Waals surface area (Å²) in [6.07, 6.45) is 1.38. The average Bonchev–Trinajstić information content (AvgIpc) is 3.20. The van der Waals surface area contributed by atoms with Gasteiger partial charge in [-0.1, -0.05) is 16.9 Å². The van der Waals surface area contributed by atoms with E-state index in [1.807, 2.05) is 0 Å². The third kappa shape index (κ3) is 5.50. The normalized spacial score (nSPS) is 10.8. The molecule has 0 spiro atoms. The molecule has 0 amide bonds. The molecule has 0 aliphatic heterocycles. The minimum Gasteiger partial charge on any atom is -0.497 e. The molecule has 0 aliphatic carbocycles. The van der Waals surface area contributed by atoms with Gasteiger partial charge in [-0.05, 0) is 54.1 Å². The molecule has 3 rings (SSSR count). The number of hydrogen-bond acceptors (Lipinski definition) is 8. The number of Topliss-reactive ketones (excluding diaryl/α,β-unsaturated/α-hetero) is 1. The van der Waals surface area contributed by atoms with Crippen LogP contribution >= 0.6 is 0 Å². The number of ketones is 1. The van der Waals surface area contributed by atoms with Crippen molar-refractivity contribution in [3.05, 3.63) is 71.2 Å². The number of aromatic nitrogens is 3. The molecule has 0 atom stereocenters. The van der Waals surface area contributed by atoms with Gasteiger partial charge in [0.15, 0.2) is 12.4 Å². The average molecular weight is 426 g/mol. The van der Waals surface area contributed by atoms with Crippen molar-refractivity contribution < 1.29 is 28.2 Å². The molecule has 160 valence electrons. The van der Waals surface area contributed by atoms with E-state index in [1.54, 1.807) is 31.2 Å². The van der Waals surface area contributed by atoms with E-state index in [9.17, 15) is 14.0 Å². The Kier molecular flexibility index (Phi) is 7.05. The highest BCUT2D eigenvalue weighted by Crippen LogP contribution is 2.18. The maximum Gasteiger partial charge on any atom is 0.364 e. The first-order valence-corrected chi connectivity index (χ1v) is 9.24. The number of esters is 1. The minimum absolute atomic E-state index is 0.120. The van der Waals surface area contributed by atoms with Crippen LogP contribution in [0.1, 0.15) is 33.3 Å². The Morgan fingerprint density at radius 1 is 1.13 bits per heavy atom. The maximum absolute atomic E-state index is 13.1. The van der Waals surface area contributed by atoms with Crippen molar-refractivity contribution in [2.75, 3.05) is 20.3 Å². The van der Waals surface area contributed by atoms with Gasteiger partial charge in [0.1, 0.15) is 11.6 Å². The molecule has 0 N–H and O–H groups in total. The zero-order valence-corrected chi connectivity index (χ0v) is 16.8. The fourth-order valence-corrected chi connectivity index (χ4v) is 2.46. The van der Waals surface area contributed by atoms with Gasteiger partial charge < -0.3 is 14.2 Å². The van der Waals surface area contributed by atoms with Crippen LogP contribution in [0.5, 0.6) is 11.6 Å². The van der Waals surface area contributed by atoms with Crippen molar-refractivity contribution in [1.29, 1.82) is 0 Å². The number of halogens is 1. The van der Waals surface area contributed by atoms with E-state index >= 15 is 0 Å². The number of carbonyl (C=O) groups is 2. The predicted molar refractivity (Wildman–Crippen MR) is 108 cm³/mol. The molecule has 0 aliphatic rings. The topological polar surface area (TPSA) is 105 Å².